The molecular weight excluding hydrogens is 308 g/mol. The van der Waals surface area contributed by atoms with Gasteiger partial charge in [0, 0.05) is 23.4 Å². The monoisotopic (exact) mass is 322 g/mol. The van der Waals surface area contributed by atoms with Crippen molar-refractivity contribution in [3.8, 4) is 0 Å². The summed E-state index contributed by atoms with van der Waals surface area (Å²) in [5.41, 5.74) is 6.77. The molecule has 0 aliphatic carbocycles. The molecule has 2 aromatic rings. The van der Waals surface area contributed by atoms with E-state index in [9.17, 15) is 9.59 Å². The van der Waals surface area contributed by atoms with Gasteiger partial charge in [0.2, 0.25) is 11.0 Å². The van der Waals surface area contributed by atoms with E-state index in [0.29, 0.717) is 28.6 Å². The first-order chi connectivity index (χ1) is 10.0. The molecule has 0 spiro atoms. The maximum atomic E-state index is 11.8. The molecule has 0 radical (unpaired) electrons. The number of thioether (sulfide) groups is 1. The third-order valence-corrected chi connectivity index (χ3v) is 4.44. The van der Waals surface area contributed by atoms with Crippen LogP contribution in [-0.4, -0.2) is 27.6 Å². The van der Waals surface area contributed by atoms with Crippen molar-refractivity contribution in [2.24, 2.45) is 0 Å². The number of nitrogens with one attached hydrogen (secondary N) is 1. The molecule has 21 heavy (non-hydrogen) atoms. The van der Waals surface area contributed by atoms with Gasteiger partial charge in [-0.2, -0.15) is 0 Å². The number of Topliss-reactive ketones (excluding diaryl/α,β-unsaturated/α-hetero) is 1. The number of nitrogens with zero attached hydrogens (tertiary/aromatic N) is 2. The highest BCUT2D eigenvalue weighted by atomic mass is 32.2. The zero-order valence-corrected chi connectivity index (χ0v) is 13.0. The van der Waals surface area contributed by atoms with Gasteiger partial charge in [-0.25, -0.2) is 0 Å². The number of rotatable bonds is 6. The van der Waals surface area contributed by atoms with Crippen LogP contribution in [0.25, 0.3) is 0 Å². The number of carbonyl (C=O) groups is 2. The van der Waals surface area contributed by atoms with Crippen LogP contribution in [0.15, 0.2) is 28.6 Å². The highest BCUT2D eigenvalue weighted by molar-refractivity contribution is 8.01. The zero-order valence-electron chi connectivity index (χ0n) is 11.3. The quantitative estimate of drug-likeness (QED) is 0.626. The SMILES string of the molecule is CC(=O)c1ccc(NC(=O)CCSc2nnc(N)s2)cc1. The van der Waals surface area contributed by atoms with Gasteiger partial charge >= 0.3 is 0 Å². The highest BCUT2D eigenvalue weighted by Gasteiger charge is 2.06. The summed E-state index contributed by atoms with van der Waals surface area (Å²) in [4.78, 5) is 22.9. The van der Waals surface area contributed by atoms with Crippen molar-refractivity contribution in [3.05, 3.63) is 29.8 Å². The lowest BCUT2D eigenvalue weighted by atomic mass is 10.1. The lowest BCUT2D eigenvalue weighted by molar-refractivity contribution is -0.115. The van der Waals surface area contributed by atoms with E-state index in [1.807, 2.05) is 0 Å². The lowest BCUT2D eigenvalue weighted by Crippen LogP contribution is -2.12. The van der Waals surface area contributed by atoms with Crippen LogP contribution in [-0.2, 0) is 4.79 Å². The smallest absolute Gasteiger partial charge is 0.225 e. The van der Waals surface area contributed by atoms with Gasteiger partial charge in [-0.05, 0) is 31.2 Å². The molecule has 110 valence electrons. The second kappa shape index (κ2) is 7.19. The van der Waals surface area contributed by atoms with E-state index in [1.54, 1.807) is 24.3 Å². The summed E-state index contributed by atoms with van der Waals surface area (Å²) in [6.07, 6.45) is 0.360. The van der Waals surface area contributed by atoms with Gasteiger partial charge < -0.3 is 11.1 Å². The van der Waals surface area contributed by atoms with E-state index in [-0.39, 0.29) is 11.7 Å². The van der Waals surface area contributed by atoms with E-state index >= 15 is 0 Å². The van der Waals surface area contributed by atoms with Gasteiger partial charge in [-0.1, -0.05) is 23.1 Å². The normalized spacial score (nSPS) is 10.3. The van der Waals surface area contributed by atoms with Crippen LogP contribution in [0.1, 0.15) is 23.7 Å². The molecule has 1 aromatic carbocycles. The minimum Gasteiger partial charge on any atom is -0.374 e. The third kappa shape index (κ3) is 4.83. The molecule has 1 aromatic heterocycles. The average Bonchev–Trinajstić information content (AvgIpc) is 2.85. The number of hydrogen-bond acceptors (Lipinski definition) is 7. The minimum absolute atomic E-state index is 0.000562. The van der Waals surface area contributed by atoms with Gasteiger partial charge in [0.05, 0.1) is 0 Å². The molecule has 0 saturated heterocycles. The Morgan fingerprint density at radius 3 is 2.57 bits per heavy atom. The van der Waals surface area contributed by atoms with Crippen molar-refractivity contribution in [2.75, 3.05) is 16.8 Å². The number of benzene rings is 1. The van der Waals surface area contributed by atoms with Crippen molar-refractivity contribution in [1.82, 2.24) is 10.2 Å². The Hall–Kier alpha value is -1.93. The number of hydrogen-bond donors (Lipinski definition) is 2. The largest absolute Gasteiger partial charge is 0.374 e. The summed E-state index contributed by atoms with van der Waals surface area (Å²) >= 11 is 2.75. The fourth-order valence-electron chi connectivity index (χ4n) is 1.52. The standard InChI is InChI=1S/C13H14N4O2S2/c1-8(18)9-2-4-10(5-3-9)15-11(19)6-7-20-13-17-16-12(14)21-13/h2-5H,6-7H2,1H3,(H2,14,16)(H,15,19). The van der Waals surface area contributed by atoms with Crippen LogP contribution in [0.3, 0.4) is 0 Å². The number of anilines is 2. The molecule has 1 heterocycles. The van der Waals surface area contributed by atoms with E-state index in [2.05, 4.69) is 15.5 Å². The summed E-state index contributed by atoms with van der Waals surface area (Å²) < 4.78 is 0.756. The van der Waals surface area contributed by atoms with E-state index in [1.165, 1.54) is 30.0 Å². The Bertz CT molecular complexity index is 640. The first-order valence-corrected chi connectivity index (χ1v) is 7.97. The van der Waals surface area contributed by atoms with Crippen LogP contribution < -0.4 is 11.1 Å². The molecule has 0 unspecified atom stereocenters. The molecule has 0 aliphatic rings. The Kier molecular flexibility index (Phi) is 5.29. The van der Waals surface area contributed by atoms with Crippen LogP contribution >= 0.6 is 23.1 Å². The summed E-state index contributed by atoms with van der Waals surface area (Å²) in [5, 5.41) is 10.8. The van der Waals surface area contributed by atoms with Crippen molar-refractivity contribution in [1.29, 1.82) is 0 Å². The van der Waals surface area contributed by atoms with Gasteiger partial charge in [0.1, 0.15) is 0 Å². The van der Waals surface area contributed by atoms with Gasteiger partial charge in [0.15, 0.2) is 10.1 Å². The van der Waals surface area contributed by atoms with Crippen LogP contribution in [0, 0.1) is 0 Å². The molecule has 3 N–H and O–H groups in total. The summed E-state index contributed by atoms with van der Waals surface area (Å²) in [7, 11) is 0. The maximum absolute atomic E-state index is 11.8. The average molecular weight is 322 g/mol. The molecule has 0 aliphatic heterocycles. The molecule has 0 bridgehead atoms. The summed E-state index contributed by atoms with van der Waals surface area (Å²) in [6, 6.07) is 6.81. The van der Waals surface area contributed by atoms with Crippen molar-refractivity contribution in [2.45, 2.75) is 17.7 Å². The Morgan fingerprint density at radius 2 is 2.00 bits per heavy atom. The molecule has 1 amide bonds. The minimum atomic E-state index is -0.0874. The molecule has 8 heteroatoms. The Morgan fingerprint density at radius 1 is 1.29 bits per heavy atom. The van der Waals surface area contributed by atoms with Crippen molar-refractivity contribution >= 4 is 45.6 Å². The Balaban J connectivity index is 1.77. The second-order valence-corrected chi connectivity index (χ2v) is 6.54. The van der Waals surface area contributed by atoms with E-state index in [0.717, 1.165) is 4.34 Å². The number of ketones is 1. The van der Waals surface area contributed by atoms with Crippen LogP contribution in [0.2, 0.25) is 0 Å². The Labute approximate surface area is 130 Å². The number of nitrogen functional groups attached to an aromatic ring is 1. The lowest BCUT2D eigenvalue weighted by Gasteiger charge is -2.05. The second-order valence-electron chi connectivity index (χ2n) is 4.19. The summed E-state index contributed by atoms with van der Waals surface area (Å²) in [5.74, 6) is 0.516. The first kappa shape index (κ1) is 15.5. The van der Waals surface area contributed by atoms with Gasteiger partial charge in [-0.3, -0.25) is 9.59 Å². The van der Waals surface area contributed by atoms with E-state index < -0.39 is 0 Å². The fraction of sp³-hybridized carbons (Fsp3) is 0.231. The molecule has 6 nitrogen and oxygen atoms in total. The predicted molar refractivity (Wildman–Crippen MR) is 84.7 cm³/mol. The number of nitrogens with two attached hydrogens (primary N) is 1. The number of aromatic nitrogens is 2. The maximum Gasteiger partial charge on any atom is 0.225 e. The van der Waals surface area contributed by atoms with Crippen LogP contribution in [0.4, 0.5) is 10.8 Å². The molecule has 0 fully saturated rings. The fourth-order valence-corrected chi connectivity index (χ4v) is 3.17. The van der Waals surface area contributed by atoms with E-state index in [4.69, 9.17) is 5.73 Å². The first-order valence-electron chi connectivity index (χ1n) is 6.17. The van der Waals surface area contributed by atoms with Crippen LogP contribution in [0.5, 0.6) is 0 Å². The van der Waals surface area contributed by atoms with Gasteiger partial charge in [-0.15, -0.1) is 10.2 Å². The number of amides is 1. The molecule has 0 saturated carbocycles. The summed E-state index contributed by atoms with van der Waals surface area (Å²) in [6.45, 7) is 1.50. The predicted octanol–water partition coefficient (Wildman–Crippen LogP) is 2.44. The number of carbonyl (C=O) groups excluding carboxylic acids is 2. The van der Waals surface area contributed by atoms with Gasteiger partial charge in [0.25, 0.3) is 0 Å². The van der Waals surface area contributed by atoms with Crippen molar-refractivity contribution in [3.63, 3.8) is 0 Å². The van der Waals surface area contributed by atoms with Crippen molar-refractivity contribution < 1.29 is 9.59 Å². The molecule has 2 rings (SSSR count). The molecule has 0 atom stereocenters. The zero-order chi connectivity index (χ0) is 15.2. The topological polar surface area (TPSA) is 98.0 Å². The molecular formula is C13H14N4O2S2. The highest BCUT2D eigenvalue weighted by Crippen LogP contribution is 2.24. The third-order valence-electron chi connectivity index (χ3n) is 2.55.